The minimum absolute atomic E-state index is 0.124. The summed E-state index contributed by atoms with van der Waals surface area (Å²) in [4.78, 5) is 38.9. The van der Waals surface area contributed by atoms with Crippen LogP contribution < -0.4 is 0 Å². The van der Waals surface area contributed by atoms with Crippen molar-refractivity contribution in [1.82, 2.24) is 0 Å². The molecule has 5 heteroatoms. The summed E-state index contributed by atoms with van der Waals surface area (Å²) in [6, 6.07) is 17.5. The third-order valence-electron chi connectivity index (χ3n) is 5.83. The molecule has 2 aromatic rings. The van der Waals surface area contributed by atoms with Gasteiger partial charge < -0.3 is 9.84 Å². The van der Waals surface area contributed by atoms with Crippen molar-refractivity contribution in [3.63, 3.8) is 0 Å². The first kappa shape index (κ1) is 20.9. The number of carbonyl (C=O) groups excluding carboxylic acids is 3. The van der Waals surface area contributed by atoms with Crippen molar-refractivity contribution in [1.29, 1.82) is 0 Å². The fourth-order valence-electron chi connectivity index (χ4n) is 4.19. The minimum atomic E-state index is -1.60. The Hall–Kier alpha value is -2.79. The van der Waals surface area contributed by atoms with Gasteiger partial charge in [0.25, 0.3) is 0 Å². The van der Waals surface area contributed by atoms with E-state index in [0.717, 1.165) is 0 Å². The highest BCUT2D eigenvalue weighted by atomic mass is 16.5. The Morgan fingerprint density at radius 3 is 1.90 bits per heavy atom. The molecule has 0 aliphatic heterocycles. The van der Waals surface area contributed by atoms with Crippen molar-refractivity contribution in [2.45, 2.75) is 32.3 Å². The van der Waals surface area contributed by atoms with Gasteiger partial charge in [0.1, 0.15) is 0 Å². The minimum Gasteiger partial charge on any atom is -0.466 e. The van der Waals surface area contributed by atoms with Gasteiger partial charge in [0.05, 0.1) is 24.0 Å². The van der Waals surface area contributed by atoms with Crippen LogP contribution in [0.15, 0.2) is 60.7 Å². The van der Waals surface area contributed by atoms with Gasteiger partial charge in [0.15, 0.2) is 11.6 Å². The van der Waals surface area contributed by atoms with Gasteiger partial charge in [0, 0.05) is 17.0 Å². The summed E-state index contributed by atoms with van der Waals surface area (Å²) in [5.74, 6) is -3.35. The maximum atomic E-state index is 13.2. The molecular formula is C24H26O5. The maximum absolute atomic E-state index is 13.2. The molecule has 0 saturated heterocycles. The average Bonchev–Trinajstić information content (AvgIpc) is 2.74. The van der Waals surface area contributed by atoms with Crippen molar-refractivity contribution in [3.8, 4) is 0 Å². The number of Topliss-reactive ketones (excluding diaryl/α,β-unsaturated/α-hetero) is 2. The first-order chi connectivity index (χ1) is 13.9. The molecule has 29 heavy (non-hydrogen) atoms. The molecule has 3 rings (SSSR count). The van der Waals surface area contributed by atoms with E-state index >= 15 is 0 Å². The molecule has 152 valence electrons. The van der Waals surface area contributed by atoms with Crippen LogP contribution in [0.3, 0.4) is 0 Å². The van der Waals surface area contributed by atoms with E-state index < -0.39 is 29.3 Å². The highest BCUT2D eigenvalue weighted by molar-refractivity contribution is 6.02. The van der Waals surface area contributed by atoms with E-state index in [2.05, 4.69) is 0 Å². The maximum Gasteiger partial charge on any atom is 0.311 e. The molecule has 1 fully saturated rings. The Morgan fingerprint density at radius 2 is 1.38 bits per heavy atom. The lowest BCUT2D eigenvalue weighted by Crippen LogP contribution is -2.55. The fraction of sp³-hybridized carbons (Fsp3) is 0.375. The smallest absolute Gasteiger partial charge is 0.311 e. The monoisotopic (exact) mass is 394 g/mol. The van der Waals surface area contributed by atoms with Crippen LogP contribution in [-0.2, 0) is 9.53 Å². The molecule has 0 spiro atoms. The second-order valence-electron chi connectivity index (χ2n) is 7.71. The predicted octanol–water partition coefficient (Wildman–Crippen LogP) is 3.71. The fourth-order valence-corrected chi connectivity index (χ4v) is 4.19. The lowest BCUT2D eigenvalue weighted by molar-refractivity contribution is -0.165. The normalized spacial score (nSPS) is 26.5. The number of carbonyl (C=O) groups is 3. The Kier molecular flexibility index (Phi) is 6.28. The topological polar surface area (TPSA) is 80.7 Å². The van der Waals surface area contributed by atoms with Crippen LogP contribution in [0.2, 0.25) is 0 Å². The number of benzene rings is 2. The molecule has 0 radical (unpaired) electrons. The Balaban J connectivity index is 1.97. The van der Waals surface area contributed by atoms with E-state index in [1.165, 1.54) is 6.92 Å². The zero-order valence-corrected chi connectivity index (χ0v) is 16.7. The number of esters is 1. The summed E-state index contributed by atoms with van der Waals surface area (Å²) >= 11 is 0. The van der Waals surface area contributed by atoms with E-state index in [-0.39, 0.29) is 31.0 Å². The summed E-state index contributed by atoms with van der Waals surface area (Å²) in [7, 11) is 0. The van der Waals surface area contributed by atoms with Crippen LogP contribution >= 0.6 is 0 Å². The van der Waals surface area contributed by atoms with E-state index in [0.29, 0.717) is 11.1 Å². The number of hydrogen-bond donors (Lipinski definition) is 1. The third kappa shape index (κ3) is 4.30. The molecule has 0 bridgehead atoms. The molecule has 4 atom stereocenters. The first-order valence-corrected chi connectivity index (χ1v) is 9.93. The largest absolute Gasteiger partial charge is 0.466 e. The summed E-state index contributed by atoms with van der Waals surface area (Å²) in [5, 5.41) is 11.3. The lowest BCUT2D eigenvalue weighted by Gasteiger charge is -2.44. The Morgan fingerprint density at radius 1 is 0.897 bits per heavy atom. The zero-order valence-electron chi connectivity index (χ0n) is 16.7. The lowest BCUT2D eigenvalue weighted by atomic mass is 9.62. The molecule has 0 amide bonds. The first-order valence-electron chi connectivity index (χ1n) is 9.93. The second kappa shape index (κ2) is 8.70. The second-order valence-corrected chi connectivity index (χ2v) is 7.71. The molecular weight excluding hydrogens is 368 g/mol. The van der Waals surface area contributed by atoms with Gasteiger partial charge in [-0.1, -0.05) is 60.7 Å². The molecule has 2 aromatic carbocycles. The molecule has 5 nitrogen and oxygen atoms in total. The van der Waals surface area contributed by atoms with Crippen molar-refractivity contribution in [2.24, 2.45) is 17.8 Å². The third-order valence-corrected chi connectivity index (χ3v) is 5.83. The molecule has 1 saturated carbocycles. The number of rotatable bonds is 6. The van der Waals surface area contributed by atoms with Crippen LogP contribution in [0, 0.1) is 17.8 Å². The molecule has 1 aliphatic rings. The van der Waals surface area contributed by atoms with Gasteiger partial charge >= 0.3 is 5.97 Å². The summed E-state index contributed by atoms with van der Waals surface area (Å²) in [6.45, 7) is 3.36. The standard InChI is InChI=1S/C24H26O5/c1-3-29-23(27)20-15-18(21(25)16-10-6-4-7-11-16)14-19(24(20,2)28)22(26)17-12-8-5-9-13-17/h4-13,18-20,28H,3,14-15H2,1-2H3. The molecule has 0 aromatic heterocycles. The van der Waals surface area contributed by atoms with E-state index in [9.17, 15) is 19.5 Å². The zero-order chi connectivity index (χ0) is 21.0. The van der Waals surface area contributed by atoms with Crippen molar-refractivity contribution >= 4 is 17.5 Å². The van der Waals surface area contributed by atoms with E-state index in [4.69, 9.17) is 4.74 Å². The summed E-state index contributed by atoms with van der Waals surface area (Å²) in [6.07, 6.45) is 0.336. The molecule has 1 N–H and O–H groups in total. The number of aliphatic hydroxyl groups is 1. The highest BCUT2D eigenvalue weighted by Gasteiger charge is 2.53. The van der Waals surface area contributed by atoms with Crippen LogP contribution in [0.4, 0.5) is 0 Å². The van der Waals surface area contributed by atoms with Crippen LogP contribution in [0.5, 0.6) is 0 Å². The van der Waals surface area contributed by atoms with Crippen molar-refractivity contribution in [3.05, 3.63) is 71.8 Å². The van der Waals surface area contributed by atoms with E-state index in [1.54, 1.807) is 61.5 Å². The summed E-state index contributed by atoms with van der Waals surface area (Å²) in [5.41, 5.74) is -0.618. The number of hydrogen-bond acceptors (Lipinski definition) is 5. The van der Waals surface area contributed by atoms with Gasteiger partial charge in [-0.25, -0.2) is 0 Å². The quantitative estimate of drug-likeness (QED) is 0.597. The van der Waals surface area contributed by atoms with Crippen molar-refractivity contribution in [2.75, 3.05) is 6.61 Å². The van der Waals surface area contributed by atoms with E-state index in [1.807, 2.05) is 6.07 Å². The van der Waals surface area contributed by atoms with Crippen LogP contribution in [0.1, 0.15) is 47.4 Å². The average molecular weight is 394 g/mol. The van der Waals surface area contributed by atoms with Gasteiger partial charge in [-0.2, -0.15) is 0 Å². The van der Waals surface area contributed by atoms with Crippen LogP contribution in [0.25, 0.3) is 0 Å². The summed E-state index contributed by atoms with van der Waals surface area (Å²) < 4.78 is 5.16. The van der Waals surface area contributed by atoms with Crippen molar-refractivity contribution < 1.29 is 24.2 Å². The molecule has 1 aliphatic carbocycles. The predicted molar refractivity (Wildman–Crippen MR) is 109 cm³/mol. The van der Waals surface area contributed by atoms with Gasteiger partial charge in [0.2, 0.25) is 0 Å². The number of ketones is 2. The highest BCUT2D eigenvalue weighted by Crippen LogP contribution is 2.44. The number of ether oxygens (including phenoxy) is 1. The van der Waals surface area contributed by atoms with Gasteiger partial charge in [-0.15, -0.1) is 0 Å². The molecule has 4 unspecified atom stereocenters. The van der Waals surface area contributed by atoms with Gasteiger partial charge in [-0.3, -0.25) is 14.4 Å². The Bertz CT molecular complexity index is 873. The molecule has 0 heterocycles. The van der Waals surface area contributed by atoms with Crippen LogP contribution in [-0.4, -0.2) is 34.9 Å². The van der Waals surface area contributed by atoms with Gasteiger partial charge in [-0.05, 0) is 26.7 Å². The Labute approximate surface area is 170 Å². The SMILES string of the molecule is CCOC(=O)C1CC(C(=O)c2ccccc2)CC(C(=O)c2ccccc2)C1(C)O.